The Balaban J connectivity index is -0.0000000800. The molecule has 0 unspecified atom stereocenters. The topological polar surface area (TPSA) is 18.5 Å². The van der Waals surface area contributed by atoms with Crippen molar-refractivity contribution >= 4 is 10.0 Å². The van der Waals surface area contributed by atoms with E-state index in [0.29, 0.717) is 0 Å². The van der Waals surface area contributed by atoms with Gasteiger partial charge in [0.15, 0.2) is 0 Å². The summed E-state index contributed by atoms with van der Waals surface area (Å²) in [7, 11) is 2.73. The maximum Gasteiger partial charge on any atom is 1.00 e. The van der Waals surface area contributed by atoms with E-state index in [1.807, 2.05) is 0 Å². The molecule has 0 rings (SSSR count). The lowest BCUT2D eigenvalue weighted by Gasteiger charge is -1.86. The van der Waals surface area contributed by atoms with Gasteiger partial charge in [-0.15, -0.1) is 0 Å². The van der Waals surface area contributed by atoms with Crippen molar-refractivity contribution in [2.75, 3.05) is 14.2 Å². The average Bonchev–Trinajstić information content (AvgIpc) is 1.41. The number of hydrogen-bond donors (Lipinski definition) is 0. The molecule has 0 amide bonds. The molecule has 0 spiro atoms. The Morgan fingerprint density at radius 1 is 1.40 bits per heavy atom. The lowest BCUT2D eigenvalue weighted by atomic mass is 11.8. The zero-order valence-electron chi connectivity index (χ0n) is 5.52. The van der Waals surface area contributed by atoms with Crippen molar-refractivity contribution in [1.29, 1.82) is 0 Å². The predicted molar refractivity (Wildman–Crippen MR) is 24.8 cm³/mol. The summed E-state index contributed by atoms with van der Waals surface area (Å²) in [6.07, 6.45) is 0. The van der Waals surface area contributed by atoms with Crippen LogP contribution in [0.1, 0.15) is 2.85 Å². The minimum absolute atomic E-state index is 0. The molecule has 0 bridgehead atoms. The molecule has 2 nitrogen and oxygen atoms in total. The van der Waals surface area contributed by atoms with Gasteiger partial charge in [0.1, 0.15) is 0 Å². The van der Waals surface area contributed by atoms with Crippen molar-refractivity contribution in [2.24, 2.45) is 0 Å². The minimum atomic E-state index is -0.568. The van der Waals surface area contributed by atoms with Gasteiger partial charge in [-0.1, -0.05) is 0 Å². The van der Waals surface area contributed by atoms with Gasteiger partial charge in [-0.05, 0) is 0 Å². The first kappa shape index (κ1) is 5.14. The van der Waals surface area contributed by atoms with Crippen LogP contribution in [0.25, 0.3) is 0 Å². The summed E-state index contributed by atoms with van der Waals surface area (Å²) >= 11 is 0. The van der Waals surface area contributed by atoms with Crippen LogP contribution < -0.4 is 0 Å². The second-order valence-electron chi connectivity index (χ2n) is 0.695. The Morgan fingerprint density at radius 2 is 1.80 bits per heavy atom. The van der Waals surface area contributed by atoms with Gasteiger partial charge in [0.25, 0.3) is 0 Å². The maximum atomic E-state index is 4.61. The molecule has 0 fully saturated rings. The van der Waals surface area contributed by atoms with Crippen LogP contribution in [0.5, 0.6) is 0 Å². The van der Waals surface area contributed by atoms with E-state index in [1.54, 1.807) is 14.2 Å². The second-order valence-corrected chi connectivity index (χ2v) is 2.09. The van der Waals surface area contributed by atoms with Crippen molar-refractivity contribution in [3.63, 3.8) is 0 Å². The Kier molecular flexibility index (Phi) is 4.25. The van der Waals surface area contributed by atoms with E-state index in [0.717, 1.165) is 0 Å². The van der Waals surface area contributed by atoms with Crippen LogP contribution in [-0.4, -0.2) is 24.2 Å². The Hall–Kier alpha value is 0.137. The zero-order chi connectivity index (χ0) is 4.12. The molecule has 0 aliphatic heterocycles. The lowest BCUT2D eigenvalue weighted by Crippen LogP contribution is -1.93. The van der Waals surface area contributed by atoms with Gasteiger partial charge in [-0.25, -0.2) is 0 Å². The number of rotatable bonds is 2. The van der Waals surface area contributed by atoms with E-state index >= 15 is 0 Å². The van der Waals surface area contributed by atoms with Gasteiger partial charge in [-0.2, -0.15) is 0 Å². The summed E-state index contributed by atoms with van der Waals surface area (Å²) in [6, 6.07) is 0. The molecule has 32 valence electrons. The third-order valence-electron chi connectivity index (χ3n) is 0.236. The van der Waals surface area contributed by atoms with Crippen LogP contribution in [0.15, 0.2) is 0 Å². The summed E-state index contributed by atoms with van der Waals surface area (Å²) < 4.78 is 9.22. The highest BCUT2D eigenvalue weighted by atomic mass is 28.3. The maximum absolute atomic E-state index is 4.61. The molecule has 3 heteroatoms. The predicted octanol–water partition coefficient (Wildman–Crippen LogP) is -0.497. The van der Waals surface area contributed by atoms with Gasteiger partial charge >= 0.3 is 12.9 Å². The molecule has 0 aliphatic carbocycles. The smallest absolute Gasteiger partial charge is 0.402 e. The molecule has 0 aromatic rings. The lowest BCUT2D eigenvalue weighted by molar-refractivity contribution is 0.309. The molecule has 0 N–H and O–H groups in total. The first-order chi connectivity index (χ1) is 2.41. The first-order valence-corrected chi connectivity index (χ1v) is 2.55. The molecule has 0 radical (unpaired) electrons. The van der Waals surface area contributed by atoms with Crippen molar-refractivity contribution in [3.05, 3.63) is 0 Å². The Bertz CT molecular complexity index is 21.2. The van der Waals surface area contributed by atoms with Gasteiger partial charge in [0.2, 0.25) is 0 Å². The van der Waals surface area contributed by atoms with Crippen LogP contribution >= 0.6 is 0 Å². The minimum Gasteiger partial charge on any atom is -0.402 e. The highest BCUT2D eigenvalue weighted by Crippen LogP contribution is 1.55. The summed E-state index contributed by atoms with van der Waals surface area (Å²) in [4.78, 5) is 0. The first-order valence-electron chi connectivity index (χ1n) is 1.39. The quantitative estimate of drug-likeness (QED) is 0.430. The summed E-state index contributed by atoms with van der Waals surface area (Å²) in [5.41, 5.74) is 0. The van der Waals surface area contributed by atoms with Crippen molar-refractivity contribution < 1.29 is 11.7 Å². The number of hydrogen-bond acceptors (Lipinski definition) is 2. The fourth-order valence-corrected chi connectivity index (χ4v) is 0.354. The van der Waals surface area contributed by atoms with Crippen molar-refractivity contribution in [2.45, 2.75) is 0 Å². The molecular weight excluding hydrogens is 84.1 g/mol. The molecule has 0 aromatic heterocycles. The summed E-state index contributed by atoms with van der Waals surface area (Å²) in [5.74, 6) is 0. The summed E-state index contributed by atoms with van der Waals surface area (Å²) in [6.45, 7) is 0. The normalized spacial score (nSPS) is 8.40. The van der Waals surface area contributed by atoms with E-state index in [9.17, 15) is 0 Å². The SMILES string of the molecule is CO[SiH2]OC.[H+].[H+]. The zero-order valence-corrected chi connectivity index (χ0v) is 4.94. The average molecular weight is 94.2 g/mol. The van der Waals surface area contributed by atoms with E-state index in [4.69, 9.17) is 0 Å². The fourth-order valence-electron chi connectivity index (χ4n) is 0.118. The molecular formula is C2H10O2Si+2. The molecule has 0 aliphatic rings. The van der Waals surface area contributed by atoms with E-state index in [-0.39, 0.29) is 2.85 Å². The highest BCUT2D eigenvalue weighted by molar-refractivity contribution is 6.17. The van der Waals surface area contributed by atoms with Crippen LogP contribution in [0, 0.1) is 0 Å². The van der Waals surface area contributed by atoms with Crippen LogP contribution in [0.2, 0.25) is 0 Å². The molecule has 0 aromatic carbocycles. The Morgan fingerprint density at radius 3 is 1.80 bits per heavy atom. The molecule has 0 saturated heterocycles. The molecule has 0 saturated carbocycles. The van der Waals surface area contributed by atoms with Crippen molar-refractivity contribution in [1.82, 2.24) is 0 Å². The molecule has 0 heterocycles. The van der Waals surface area contributed by atoms with Gasteiger partial charge in [0.05, 0.1) is 0 Å². The fraction of sp³-hybridized carbons (Fsp3) is 1.00. The molecule has 5 heavy (non-hydrogen) atoms. The van der Waals surface area contributed by atoms with Crippen molar-refractivity contribution in [3.8, 4) is 0 Å². The van der Waals surface area contributed by atoms with E-state index in [1.165, 1.54) is 0 Å². The monoisotopic (exact) mass is 94.0 g/mol. The van der Waals surface area contributed by atoms with Crippen LogP contribution in [-0.2, 0) is 8.85 Å². The van der Waals surface area contributed by atoms with Gasteiger partial charge < -0.3 is 8.85 Å². The van der Waals surface area contributed by atoms with E-state index in [2.05, 4.69) is 8.85 Å². The second kappa shape index (κ2) is 4.14. The summed E-state index contributed by atoms with van der Waals surface area (Å²) in [5, 5.41) is 0. The largest absolute Gasteiger partial charge is 1.00 e. The van der Waals surface area contributed by atoms with E-state index < -0.39 is 10.0 Å². The van der Waals surface area contributed by atoms with Gasteiger partial charge in [0, 0.05) is 14.2 Å². The molecule has 0 atom stereocenters. The third kappa shape index (κ3) is 4.14. The standard InChI is InChI=1S/C2H8O2Si/c1-3-5-4-2/h5H2,1-2H3/p+2. The Labute approximate surface area is 37.1 Å². The van der Waals surface area contributed by atoms with Gasteiger partial charge in [-0.3, -0.25) is 0 Å². The van der Waals surface area contributed by atoms with Crippen LogP contribution in [0.3, 0.4) is 0 Å². The van der Waals surface area contributed by atoms with Crippen LogP contribution in [0.4, 0.5) is 0 Å². The highest BCUT2D eigenvalue weighted by Gasteiger charge is 1.67. The third-order valence-corrected chi connectivity index (χ3v) is 0.707.